The zero-order valence-corrected chi connectivity index (χ0v) is 19.4. The van der Waals surface area contributed by atoms with E-state index in [1.165, 1.54) is 0 Å². The van der Waals surface area contributed by atoms with Crippen molar-refractivity contribution in [2.75, 3.05) is 30.3 Å². The van der Waals surface area contributed by atoms with Crippen molar-refractivity contribution < 1.29 is 5.11 Å². The summed E-state index contributed by atoms with van der Waals surface area (Å²) in [7, 11) is 0. The van der Waals surface area contributed by atoms with E-state index in [4.69, 9.17) is 9.97 Å². The Bertz CT molecular complexity index is 1260. The first-order valence-corrected chi connectivity index (χ1v) is 11.7. The van der Waals surface area contributed by atoms with Crippen molar-refractivity contribution in [1.29, 1.82) is 0 Å². The largest absolute Gasteiger partial charge is 0.391 e. The van der Waals surface area contributed by atoms with E-state index in [1.54, 1.807) is 0 Å². The fourth-order valence-corrected chi connectivity index (χ4v) is 4.44. The summed E-state index contributed by atoms with van der Waals surface area (Å²) in [6.07, 6.45) is 6.56. The van der Waals surface area contributed by atoms with Crippen LogP contribution in [0.1, 0.15) is 43.0 Å². The lowest BCUT2D eigenvalue weighted by atomic mass is 9.95. The number of hydrogen-bond acceptors (Lipinski definition) is 7. The van der Waals surface area contributed by atoms with Gasteiger partial charge in [0.2, 0.25) is 0 Å². The summed E-state index contributed by atoms with van der Waals surface area (Å²) in [6, 6.07) is 6.08. The number of fused-ring (bicyclic) bond motifs is 2. The highest BCUT2D eigenvalue weighted by atomic mass is 16.3. The molecular formula is C24H32N8O. The van der Waals surface area contributed by atoms with Crippen LogP contribution >= 0.6 is 0 Å². The molecule has 0 saturated carbocycles. The van der Waals surface area contributed by atoms with Crippen LogP contribution in [-0.4, -0.2) is 54.8 Å². The first kappa shape index (κ1) is 21.7. The second kappa shape index (κ2) is 8.99. The van der Waals surface area contributed by atoms with Crippen molar-refractivity contribution in [3.63, 3.8) is 0 Å². The number of anilines is 2. The van der Waals surface area contributed by atoms with Gasteiger partial charge in [0.25, 0.3) is 0 Å². The molecule has 5 rings (SSSR count). The van der Waals surface area contributed by atoms with Gasteiger partial charge in [-0.25, -0.2) is 9.97 Å². The van der Waals surface area contributed by atoms with E-state index in [1.807, 2.05) is 35.2 Å². The van der Waals surface area contributed by atoms with Crippen LogP contribution in [0.25, 0.3) is 11.3 Å². The molecule has 5 heterocycles. The van der Waals surface area contributed by atoms with Gasteiger partial charge in [0.1, 0.15) is 17.3 Å². The van der Waals surface area contributed by atoms with E-state index in [2.05, 4.69) is 52.3 Å². The summed E-state index contributed by atoms with van der Waals surface area (Å²) >= 11 is 0. The summed E-state index contributed by atoms with van der Waals surface area (Å²) in [6.45, 7) is 9.20. The van der Waals surface area contributed by atoms with E-state index in [9.17, 15) is 5.11 Å². The van der Waals surface area contributed by atoms with Gasteiger partial charge in [-0.05, 0) is 37.4 Å². The third-order valence-electron chi connectivity index (χ3n) is 6.43. The van der Waals surface area contributed by atoms with Crippen LogP contribution in [0.3, 0.4) is 0 Å². The monoisotopic (exact) mass is 448 g/mol. The zero-order valence-electron chi connectivity index (χ0n) is 19.4. The molecule has 2 atom stereocenters. The maximum absolute atomic E-state index is 10.3. The topological polar surface area (TPSA) is 104 Å². The van der Waals surface area contributed by atoms with Gasteiger partial charge < -0.3 is 25.5 Å². The minimum Gasteiger partial charge on any atom is -0.391 e. The number of β-amino-alcohol motifs (C(OH)–C–C–N with tert-alkyl or cyclic N) is 1. The number of aromatic nitrogens is 5. The van der Waals surface area contributed by atoms with Crippen LogP contribution in [0.15, 0.2) is 36.8 Å². The SMILES string of the molecule is Cc1cccn2cc(CNc3cc(NC[C@H]4CCNC[C@@H]4O)nc4c(C(C)C)cnn34)nc12. The van der Waals surface area contributed by atoms with Crippen LogP contribution in [-0.2, 0) is 6.54 Å². The second-order valence-electron chi connectivity index (χ2n) is 9.23. The molecule has 9 heteroatoms. The minimum absolute atomic E-state index is 0.205. The minimum atomic E-state index is -0.340. The zero-order chi connectivity index (χ0) is 22.9. The van der Waals surface area contributed by atoms with Crippen molar-refractivity contribution in [2.45, 2.75) is 45.8 Å². The number of rotatable bonds is 7. The highest BCUT2D eigenvalue weighted by Gasteiger charge is 2.23. The third kappa shape index (κ3) is 4.38. The molecule has 174 valence electrons. The Labute approximate surface area is 193 Å². The van der Waals surface area contributed by atoms with E-state index >= 15 is 0 Å². The molecule has 0 aliphatic carbocycles. The number of nitrogens with zero attached hydrogens (tertiary/aromatic N) is 5. The molecule has 0 aromatic carbocycles. The predicted molar refractivity (Wildman–Crippen MR) is 130 cm³/mol. The second-order valence-corrected chi connectivity index (χ2v) is 9.23. The average molecular weight is 449 g/mol. The van der Waals surface area contributed by atoms with Crippen LogP contribution in [0, 0.1) is 12.8 Å². The molecule has 0 radical (unpaired) electrons. The van der Waals surface area contributed by atoms with Gasteiger partial charge in [-0.1, -0.05) is 19.9 Å². The number of imidazole rings is 1. The number of aliphatic hydroxyl groups excluding tert-OH is 1. The van der Waals surface area contributed by atoms with Crippen molar-refractivity contribution in [1.82, 2.24) is 29.3 Å². The maximum Gasteiger partial charge on any atom is 0.163 e. The van der Waals surface area contributed by atoms with Gasteiger partial charge in [-0.3, -0.25) is 0 Å². The van der Waals surface area contributed by atoms with E-state index in [0.717, 1.165) is 52.7 Å². The predicted octanol–water partition coefficient (Wildman–Crippen LogP) is 2.80. The molecule has 4 aromatic rings. The molecule has 0 unspecified atom stereocenters. The van der Waals surface area contributed by atoms with Gasteiger partial charge in [0.05, 0.1) is 24.5 Å². The van der Waals surface area contributed by atoms with Crippen molar-refractivity contribution in [3.05, 3.63) is 53.6 Å². The van der Waals surface area contributed by atoms with Gasteiger partial charge >= 0.3 is 0 Å². The molecule has 33 heavy (non-hydrogen) atoms. The molecule has 1 aliphatic rings. The fourth-order valence-electron chi connectivity index (χ4n) is 4.44. The number of aliphatic hydroxyl groups is 1. The molecule has 1 fully saturated rings. The maximum atomic E-state index is 10.3. The fraction of sp³-hybridized carbons (Fsp3) is 0.458. The molecule has 4 N–H and O–H groups in total. The average Bonchev–Trinajstić information content (AvgIpc) is 3.42. The van der Waals surface area contributed by atoms with E-state index < -0.39 is 0 Å². The normalized spacial score (nSPS) is 18.9. The van der Waals surface area contributed by atoms with Crippen LogP contribution in [0.2, 0.25) is 0 Å². The molecule has 0 spiro atoms. The number of aryl methyl sites for hydroxylation is 1. The molecule has 0 bridgehead atoms. The number of hydrogen-bond donors (Lipinski definition) is 4. The van der Waals surface area contributed by atoms with Crippen LogP contribution < -0.4 is 16.0 Å². The summed E-state index contributed by atoms with van der Waals surface area (Å²) in [4.78, 5) is 9.64. The van der Waals surface area contributed by atoms with E-state index in [-0.39, 0.29) is 12.0 Å². The first-order chi connectivity index (χ1) is 16.0. The highest BCUT2D eigenvalue weighted by Crippen LogP contribution is 2.25. The van der Waals surface area contributed by atoms with Crippen molar-refractivity contribution in [3.8, 4) is 0 Å². The molecule has 0 amide bonds. The quantitative estimate of drug-likeness (QED) is 0.345. The Balaban J connectivity index is 1.41. The summed E-state index contributed by atoms with van der Waals surface area (Å²) in [5.41, 5.74) is 5.02. The molecule has 4 aromatic heterocycles. The lowest BCUT2D eigenvalue weighted by Crippen LogP contribution is -2.43. The Hall–Kier alpha value is -3.17. The first-order valence-electron chi connectivity index (χ1n) is 11.7. The molecule has 9 nitrogen and oxygen atoms in total. The summed E-state index contributed by atoms with van der Waals surface area (Å²) < 4.78 is 3.91. The smallest absolute Gasteiger partial charge is 0.163 e. The van der Waals surface area contributed by atoms with Gasteiger partial charge in [-0.2, -0.15) is 9.61 Å². The Morgan fingerprint density at radius 1 is 1.24 bits per heavy atom. The molecular weight excluding hydrogens is 416 g/mol. The van der Waals surface area contributed by atoms with Crippen LogP contribution in [0.5, 0.6) is 0 Å². The lowest BCUT2D eigenvalue weighted by molar-refractivity contribution is 0.0883. The Morgan fingerprint density at radius 2 is 2.12 bits per heavy atom. The lowest BCUT2D eigenvalue weighted by Gasteiger charge is -2.28. The third-order valence-corrected chi connectivity index (χ3v) is 6.43. The van der Waals surface area contributed by atoms with E-state index in [0.29, 0.717) is 25.6 Å². The van der Waals surface area contributed by atoms with Gasteiger partial charge in [-0.15, -0.1) is 0 Å². The standard InChI is InChI=1S/C24H32N8O/c1-15(2)19-12-28-32-22(27-11-18-14-31-8-4-5-16(3)23(31)29-18)9-21(30-24(19)32)26-10-17-6-7-25-13-20(17)33/h4-5,8-9,12,14-15,17,20,25,27,33H,6-7,10-11,13H2,1-3H3,(H,26,30)/t17-,20+/m1/s1. The van der Waals surface area contributed by atoms with Gasteiger partial charge in [0.15, 0.2) is 5.65 Å². The Morgan fingerprint density at radius 3 is 2.91 bits per heavy atom. The van der Waals surface area contributed by atoms with Gasteiger partial charge in [0, 0.05) is 43.0 Å². The number of piperidine rings is 1. The molecule has 1 saturated heterocycles. The summed E-state index contributed by atoms with van der Waals surface area (Å²) in [5.74, 6) is 2.15. The van der Waals surface area contributed by atoms with Crippen molar-refractivity contribution >= 4 is 22.9 Å². The summed E-state index contributed by atoms with van der Waals surface area (Å²) in [5, 5.41) is 25.1. The Kier molecular flexibility index (Phi) is 5.90. The highest BCUT2D eigenvalue weighted by molar-refractivity contribution is 5.61. The van der Waals surface area contributed by atoms with Crippen LogP contribution in [0.4, 0.5) is 11.6 Å². The number of nitrogens with one attached hydrogen (secondary N) is 3. The number of pyridine rings is 1. The van der Waals surface area contributed by atoms with Crippen molar-refractivity contribution in [2.24, 2.45) is 5.92 Å². The molecule has 1 aliphatic heterocycles.